The van der Waals surface area contributed by atoms with Crippen molar-refractivity contribution in [3.05, 3.63) is 87.7 Å². The van der Waals surface area contributed by atoms with Crippen LogP contribution in [0.25, 0.3) is 16.6 Å². The van der Waals surface area contributed by atoms with Crippen molar-refractivity contribution in [3.63, 3.8) is 0 Å². The highest BCUT2D eigenvalue weighted by Crippen LogP contribution is 2.36. The lowest BCUT2D eigenvalue weighted by Gasteiger charge is -2.22. The van der Waals surface area contributed by atoms with Crippen molar-refractivity contribution < 1.29 is 37.8 Å². The fourth-order valence-electron chi connectivity index (χ4n) is 3.90. The lowest BCUT2D eigenvalue weighted by Crippen LogP contribution is -2.36. The molecule has 38 heavy (non-hydrogen) atoms. The van der Waals surface area contributed by atoms with E-state index in [0.29, 0.717) is 11.6 Å². The number of aromatic nitrogens is 3. The first-order valence-corrected chi connectivity index (χ1v) is 10.8. The molecule has 4 rings (SSSR count). The fourth-order valence-corrected chi connectivity index (χ4v) is 3.90. The number of primary amides is 1. The number of pyridine rings is 1. The molecule has 0 aliphatic carbocycles. The summed E-state index contributed by atoms with van der Waals surface area (Å²) in [6, 6.07) is 7.59. The predicted octanol–water partition coefficient (Wildman–Crippen LogP) is 3.14. The number of benzene rings is 2. The zero-order valence-corrected chi connectivity index (χ0v) is 19.2. The third kappa shape index (κ3) is 5.18. The number of alkyl halides is 3. The lowest BCUT2D eigenvalue weighted by molar-refractivity contribution is -0.137. The number of halogens is 3. The number of carbonyl (C=O) groups is 3. The maximum absolute atomic E-state index is 14.0. The molecule has 0 aliphatic heterocycles. The molecule has 0 radical (unpaired) electrons. The number of carboxylic acids is 2. The molecular formula is C24H18F3N5O6. The second kappa shape index (κ2) is 9.72. The van der Waals surface area contributed by atoms with Gasteiger partial charge in [0.05, 0.1) is 24.2 Å². The van der Waals surface area contributed by atoms with E-state index in [0.717, 1.165) is 21.6 Å². The number of aromatic carboxylic acids is 1. The van der Waals surface area contributed by atoms with Gasteiger partial charge in [-0.2, -0.15) is 13.2 Å². The highest BCUT2D eigenvalue weighted by Gasteiger charge is 2.35. The van der Waals surface area contributed by atoms with Crippen molar-refractivity contribution in [1.82, 2.24) is 14.5 Å². The number of nitrogens with zero attached hydrogens (tertiary/aromatic N) is 3. The average molecular weight is 529 g/mol. The Morgan fingerprint density at radius 2 is 1.76 bits per heavy atom. The van der Waals surface area contributed by atoms with Gasteiger partial charge >= 0.3 is 24.1 Å². The molecule has 2 aromatic heterocycles. The number of nitrogens with one attached hydrogen (secondary N) is 1. The minimum Gasteiger partial charge on any atom is -0.481 e. The topological polar surface area (TPSA) is 172 Å². The van der Waals surface area contributed by atoms with E-state index in [-0.39, 0.29) is 35.4 Å². The molecule has 0 aliphatic rings. The highest BCUT2D eigenvalue weighted by atomic mass is 19.4. The predicted molar refractivity (Wildman–Crippen MR) is 127 cm³/mol. The van der Waals surface area contributed by atoms with Gasteiger partial charge in [-0.3, -0.25) is 14.5 Å². The van der Waals surface area contributed by atoms with E-state index >= 15 is 0 Å². The Hall–Kier alpha value is -5.14. The molecule has 0 fully saturated rings. The summed E-state index contributed by atoms with van der Waals surface area (Å²) in [4.78, 5) is 53.7. The zero-order valence-electron chi connectivity index (χ0n) is 19.2. The number of imidazole rings is 1. The first-order chi connectivity index (χ1) is 17.8. The molecule has 0 saturated carbocycles. The van der Waals surface area contributed by atoms with Gasteiger partial charge < -0.3 is 25.5 Å². The number of anilines is 1. The van der Waals surface area contributed by atoms with Gasteiger partial charge in [0.25, 0.3) is 5.56 Å². The van der Waals surface area contributed by atoms with E-state index in [1.165, 1.54) is 36.7 Å². The molecule has 2 heterocycles. The summed E-state index contributed by atoms with van der Waals surface area (Å²) in [5, 5.41) is 18.2. The van der Waals surface area contributed by atoms with E-state index in [1.807, 2.05) is 0 Å². The molecule has 11 nitrogen and oxygen atoms in total. The number of H-pyrrole nitrogens is 1. The number of amides is 2. The molecule has 0 unspecified atom stereocenters. The second-order valence-corrected chi connectivity index (χ2v) is 8.15. The largest absolute Gasteiger partial charge is 0.481 e. The number of aromatic amines is 1. The number of fused-ring (bicyclic) bond motifs is 1. The van der Waals surface area contributed by atoms with Crippen LogP contribution in [0, 0.1) is 0 Å². The minimum atomic E-state index is -4.88. The van der Waals surface area contributed by atoms with Gasteiger partial charge in [0.1, 0.15) is 11.4 Å². The molecule has 0 spiro atoms. The van der Waals surface area contributed by atoms with Crippen molar-refractivity contribution >= 4 is 34.6 Å². The summed E-state index contributed by atoms with van der Waals surface area (Å²) < 4.78 is 43.2. The number of hydrogen-bond donors (Lipinski definition) is 4. The van der Waals surface area contributed by atoms with Gasteiger partial charge in [-0.1, -0.05) is 12.1 Å². The van der Waals surface area contributed by atoms with Gasteiger partial charge in [-0.05, 0) is 35.9 Å². The molecule has 0 bridgehead atoms. The third-order valence-electron chi connectivity index (χ3n) is 5.64. The Balaban J connectivity index is 1.81. The average Bonchev–Trinajstić information content (AvgIpc) is 3.29. The van der Waals surface area contributed by atoms with Crippen molar-refractivity contribution in [2.75, 3.05) is 4.90 Å². The fraction of sp³-hybridized carbons (Fsp3) is 0.125. The van der Waals surface area contributed by atoms with Gasteiger partial charge in [0.2, 0.25) is 0 Å². The smallest absolute Gasteiger partial charge is 0.418 e. The molecule has 2 aromatic carbocycles. The van der Waals surface area contributed by atoms with E-state index in [2.05, 4.69) is 9.97 Å². The van der Waals surface area contributed by atoms with E-state index in [9.17, 15) is 37.5 Å². The monoisotopic (exact) mass is 529 g/mol. The Bertz CT molecular complexity index is 1630. The molecular weight excluding hydrogens is 511 g/mol. The molecule has 14 heteroatoms. The van der Waals surface area contributed by atoms with Gasteiger partial charge in [0.15, 0.2) is 0 Å². The Morgan fingerprint density at radius 1 is 1.08 bits per heavy atom. The molecule has 0 atom stereocenters. The number of rotatable bonds is 7. The molecule has 2 amide bonds. The quantitative estimate of drug-likeness (QED) is 0.285. The molecule has 4 aromatic rings. The Labute approximate surface area is 210 Å². The van der Waals surface area contributed by atoms with Crippen molar-refractivity contribution in [2.24, 2.45) is 5.73 Å². The minimum absolute atomic E-state index is 0.0189. The maximum atomic E-state index is 14.0. The highest BCUT2D eigenvalue weighted by molar-refractivity contribution is 5.93. The normalized spacial score (nSPS) is 11.4. The van der Waals surface area contributed by atoms with Crippen LogP contribution in [-0.4, -0.2) is 42.7 Å². The van der Waals surface area contributed by atoms with Gasteiger partial charge in [-0.15, -0.1) is 0 Å². The zero-order chi connectivity index (χ0) is 27.8. The van der Waals surface area contributed by atoms with Crippen LogP contribution in [0.4, 0.5) is 23.7 Å². The van der Waals surface area contributed by atoms with Crippen molar-refractivity contribution in [2.45, 2.75) is 19.1 Å². The van der Waals surface area contributed by atoms with Crippen LogP contribution in [0.2, 0.25) is 0 Å². The van der Waals surface area contributed by atoms with Crippen LogP contribution in [0.1, 0.15) is 27.3 Å². The summed E-state index contributed by atoms with van der Waals surface area (Å²) >= 11 is 0. The number of carboxylic acid groups (broad SMARTS) is 2. The Morgan fingerprint density at radius 3 is 2.34 bits per heavy atom. The van der Waals surface area contributed by atoms with Crippen LogP contribution >= 0.6 is 0 Å². The summed E-state index contributed by atoms with van der Waals surface area (Å²) in [7, 11) is 0. The van der Waals surface area contributed by atoms with E-state index < -0.39 is 46.5 Å². The van der Waals surface area contributed by atoms with Crippen LogP contribution in [0.3, 0.4) is 0 Å². The lowest BCUT2D eigenvalue weighted by atomic mass is 10.1. The SMILES string of the molecule is NC(=O)N(Cc1nccn1-c1cc2cc(C(=O)O)c(=O)[nH]c2cc1C(F)(F)F)c1ccc(CC(=O)O)cc1. The molecule has 0 saturated heterocycles. The first kappa shape index (κ1) is 25.9. The van der Waals surface area contributed by atoms with Gasteiger partial charge in [-0.25, -0.2) is 14.6 Å². The number of urea groups is 1. The summed E-state index contributed by atoms with van der Waals surface area (Å²) in [5.41, 5.74) is 2.71. The molecule has 5 N–H and O–H groups in total. The first-order valence-electron chi connectivity index (χ1n) is 10.8. The summed E-state index contributed by atoms with van der Waals surface area (Å²) in [6.07, 6.45) is -2.69. The van der Waals surface area contributed by atoms with Crippen LogP contribution in [-0.2, 0) is 23.9 Å². The maximum Gasteiger partial charge on any atom is 0.418 e. The number of hydrogen-bond acceptors (Lipinski definition) is 5. The second-order valence-electron chi connectivity index (χ2n) is 8.15. The van der Waals surface area contributed by atoms with Crippen LogP contribution in [0.5, 0.6) is 0 Å². The van der Waals surface area contributed by atoms with Crippen molar-refractivity contribution in [3.8, 4) is 5.69 Å². The van der Waals surface area contributed by atoms with Crippen LogP contribution in [0.15, 0.2) is 59.7 Å². The summed E-state index contributed by atoms with van der Waals surface area (Å²) in [6.45, 7) is -0.359. The number of carbonyl (C=O) groups excluding carboxylic acids is 1. The van der Waals surface area contributed by atoms with Crippen molar-refractivity contribution in [1.29, 1.82) is 0 Å². The van der Waals surface area contributed by atoms with E-state index in [1.54, 1.807) is 0 Å². The standard InChI is InChI=1S/C24H18F3N5O6/c25-24(26,27)16-10-17-13(8-15(22(36)37)21(35)30-17)9-18(16)31-6-5-29-19(31)11-32(23(28)38)14-3-1-12(2-4-14)7-20(33)34/h1-6,8-10H,7,11H2,(H2,28,38)(H,30,35)(H,33,34)(H,36,37). The Kier molecular flexibility index (Phi) is 6.64. The number of aliphatic carboxylic acids is 1. The third-order valence-corrected chi connectivity index (χ3v) is 5.64. The van der Waals surface area contributed by atoms with Crippen LogP contribution < -0.4 is 16.2 Å². The summed E-state index contributed by atoms with van der Waals surface area (Å²) in [5.74, 6) is -2.63. The molecule has 196 valence electrons. The number of nitrogens with two attached hydrogens (primary N) is 1. The van der Waals surface area contributed by atoms with E-state index in [4.69, 9.17) is 10.8 Å². The van der Waals surface area contributed by atoms with Gasteiger partial charge in [0, 0.05) is 29.0 Å².